The number of ether oxygens (including phenoxy) is 2. The number of fused-ring (bicyclic) bond motifs is 1. The minimum absolute atomic E-state index is 0.0435. The molecule has 1 amide bonds. The highest BCUT2D eigenvalue weighted by molar-refractivity contribution is 7.20. The Morgan fingerprint density at radius 2 is 2.00 bits per heavy atom. The molecule has 1 N–H and O–H groups in total. The molecule has 2 aromatic heterocycles. The van der Waals surface area contributed by atoms with E-state index in [2.05, 4.69) is 51.4 Å². The molecule has 0 atom stereocenters. The molecule has 0 spiro atoms. The first-order valence-corrected chi connectivity index (χ1v) is 11.7. The lowest BCUT2D eigenvalue weighted by molar-refractivity contribution is 0.0912. The normalized spacial score (nSPS) is 15.2. The summed E-state index contributed by atoms with van der Waals surface area (Å²) in [6.45, 7) is 7.26. The van der Waals surface area contributed by atoms with E-state index in [9.17, 15) is 4.79 Å². The van der Waals surface area contributed by atoms with Gasteiger partial charge in [0.2, 0.25) is 5.88 Å². The number of amides is 1. The van der Waals surface area contributed by atoms with Crippen LogP contribution in [0.1, 0.15) is 45.0 Å². The summed E-state index contributed by atoms with van der Waals surface area (Å²) in [5.74, 6) is 0.989. The fraction of sp³-hybridized carbons (Fsp3) is 0.458. The van der Waals surface area contributed by atoms with Gasteiger partial charge in [-0.25, -0.2) is 4.98 Å². The van der Waals surface area contributed by atoms with Gasteiger partial charge in [-0.2, -0.15) is 4.98 Å². The molecular formula is C24H30N4O3S. The third-order valence-electron chi connectivity index (χ3n) is 5.89. The number of methoxy groups -OCH3 is 2. The van der Waals surface area contributed by atoms with Crippen molar-refractivity contribution in [3.05, 3.63) is 51.7 Å². The lowest BCUT2D eigenvalue weighted by Crippen LogP contribution is -2.44. The maximum absolute atomic E-state index is 13.1. The van der Waals surface area contributed by atoms with E-state index < -0.39 is 0 Å². The summed E-state index contributed by atoms with van der Waals surface area (Å²) in [6, 6.07) is 8.84. The molecule has 3 aromatic rings. The summed E-state index contributed by atoms with van der Waals surface area (Å²) < 4.78 is 10.6. The monoisotopic (exact) mass is 454 g/mol. The Morgan fingerprint density at radius 1 is 1.22 bits per heavy atom. The van der Waals surface area contributed by atoms with E-state index in [1.807, 2.05) is 6.92 Å². The van der Waals surface area contributed by atoms with E-state index in [1.54, 1.807) is 14.2 Å². The average Bonchev–Trinajstić information content (AvgIpc) is 3.11. The van der Waals surface area contributed by atoms with Crippen LogP contribution in [0.2, 0.25) is 0 Å². The summed E-state index contributed by atoms with van der Waals surface area (Å²) in [5.41, 5.74) is 3.50. The quantitative estimate of drug-likeness (QED) is 0.584. The summed E-state index contributed by atoms with van der Waals surface area (Å²) in [5, 5.41) is 4.04. The fourth-order valence-corrected chi connectivity index (χ4v) is 5.35. The molecule has 170 valence electrons. The fourth-order valence-electron chi connectivity index (χ4n) is 4.26. The average molecular weight is 455 g/mol. The van der Waals surface area contributed by atoms with Crippen molar-refractivity contribution in [1.29, 1.82) is 0 Å². The Balaban J connectivity index is 1.41. The lowest BCUT2D eigenvalue weighted by Gasteiger charge is -2.32. The van der Waals surface area contributed by atoms with Gasteiger partial charge in [-0.3, -0.25) is 9.69 Å². The molecule has 1 aliphatic heterocycles. The number of nitrogens with one attached hydrogen (secondary N) is 1. The SMILES string of the molecule is COCc1nc(OC)c2c(C)c(C(=O)NC3CCN(Cc4cccc(C)c4)CC3)sc2n1. The van der Waals surface area contributed by atoms with Gasteiger partial charge in [-0.15, -0.1) is 11.3 Å². The highest BCUT2D eigenvalue weighted by atomic mass is 32.1. The second kappa shape index (κ2) is 9.94. The summed E-state index contributed by atoms with van der Waals surface area (Å²) in [4.78, 5) is 25.9. The van der Waals surface area contributed by atoms with Crippen molar-refractivity contribution in [3.63, 3.8) is 0 Å². The number of carbonyl (C=O) groups excluding carboxylic acids is 1. The van der Waals surface area contributed by atoms with E-state index in [0.717, 1.165) is 48.3 Å². The third-order valence-corrected chi connectivity index (χ3v) is 7.07. The third kappa shape index (κ3) is 4.92. The molecule has 0 aliphatic carbocycles. The van der Waals surface area contributed by atoms with E-state index in [-0.39, 0.29) is 11.9 Å². The highest BCUT2D eigenvalue weighted by Gasteiger charge is 2.25. The number of hydrogen-bond donors (Lipinski definition) is 1. The van der Waals surface area contributed by atoms with Gasteiger partial charge in [0, 0.05) is 32.8 Å². The molecule has 7 nitrogen and oxygen atoms in total. The number of nitrogens with zero attached hydrogens (tertiary/aromatic N) is 3. The number of aryl methyl sites for hydroxylation is 2. The first-order chi connectivity index (χ1) is 15.5. The second-order valence-corrected chi connectivity index (χ2v) is 9.33. The van der Waals surface area contributed by atoms with E-state index in [0.29, 0.717) is 23.2 Å². The molecule has 1 fully saturated rings. The van der Waals surface area contributed by atoms with E-state index in [4.69, 9.17) is 9.47 Å². The number of carbonyl (C=O) groups is 1. The first-order valence-electron chi connectivity index (χ1n) is 10.9. The lowest BCUT2D eigenvalue weighted by atomic mass is 10.0. The summed E-state index contributed by atoms with van der Waals surface area (Å²) in [6.07, 6.45) is 1.89. The molecule has 1 saturated heterocycles. The van der Waals surface area contributed by atoms with Gasteiger partial charge in [-0.1, -0.05) is 29.8 Å². The van der Waals surface area contributed by atoms with Crippen LogP contribution < -0.4 is 10.1 Å². The minimum Gasteiger partial charge on any atom is -0.480 e. The molecule has 0 saturated carbocycles. The number of aromatic nitrogens is 2. The Morgan fingerprint density at radius 3 is 2.69 bits per heavy atom. The van der Waals surface area contributed by atoms with E-state index >= 15 is 0 Å². The predicted octanol–water partition coefficient (Wildman–Crippen LogP) is 3.86. The maximum Gasteiger partial charge on any atom is 0.261 e. The molecule has 1 aromatic carbocycles. The number of rotatable bonds is 7. The largest absolute Gasteiger partial charge is 0.480 e. The van der Waals surface area contributed by atoms with Crippen molar-refractivity contribution in [1.82, 2.24) is 20.2 Å². The number of hydrogen-bond acceptors (Lipinski definition) is 7. The van der Waals surface area contributed by atoms with Crippen LogP contribution >= 0.6 is 11.3 Å². The van der Waals surface area contributed by atoms with Crippen LogP contribution in [0.5, 0.6) is 5.88 Å². The van der Waals surface area contributed by atoms with Gasteiger partial charge < -0.3 is 14.8 Å². The molecule has 0 radical (unpaired) electrons. The number of thiophene rings is 1. The van der Waals surface area contributed by atoms with Gasteiger partial charge in [0.05, 0.1) is 17.4 Å². The van der Waals surface area contributed by atoms with Crippen molar-refractivity contribution in [3.8, 4) is 5.88 Å². The van der Waals surface area contributed by atoms with Crippen LogP contribution in [0.15, 0.2) is 24.3 Å². The predicted molar refractivity (Wildman–Crippen MR) is 126 cm³/mol. The van der Waals surface area contributed by atoms with Crippen LogP contribution in [0.3, 0.4) is 0 Å². The van der Waals surface area contributed by atoms with Gasteiger partial charge in [0.15, 0.2) is 5.82 Å². The molecule has 4 rings (SSSR count). The van der Waals surface area contributed by atoms with Crippen LogP contribution in [0.4, 0.5) is 0 Å². The van der Waals surface area contributed by atoms with Gasteiger partial charge in [0.1, 0.15) is 11.4 Å². The Bertz CT molecular complexity index is 1110. The standard InChI is InChI=1S/C24H30N4O3S/c1-15-6-5-7-17(12-15)13-28-10-8-18(9-11-28)25-22(29)21-16(2)20-23(31-4)26-19(14-30-3)27-24(20)32-21/h5-7,12,18H,8-11,13-14H2,1-4H3,(H,25,29). The van der Waals surface area contributed by atoms with E-state index in [1.165, 1.54) is 22.5 Å². The van der Waals surface area contributed by atoms with Crippen LogP contribution in [-0.4, -0.2) is 54.1 Å². The summed E-state index contributed by atoms with van der Waals surface area (Å²) in [7, 11) is 3.19. The molecule has 1 aliphatic rings. The van der Waals surface area contributed by atoms with Crippen LogP contribution in [0, 0.1) is 13.8 Å². The van der Waals surface area contributed by atoms with Crippen molar-refractivity contribution in [2.75, 3.05) is 27.3 Å². The maximum atomic E-state index is 13.1. The zero-order chi connectivity index (χ0) is 22.7. The van der Waals surface area contributed by atoms with Crippen molar-refractivity contribution in [2.45, 2.75) is 45.9 Å². The summed E-state index contributed by atoms with van der Waals surface area (Å²) >= 11 is 1.38. The van der Waals surface area contributed by atoms with Crippen molar-refractivity contribution < 1.29 is 14.3 Å². The second-order valence-electron chi connectivity index (χ2n) is 8.33. The first kappa shape index (κ1) is 22.6. The molecule has 8 heteroatoms. The van der Waals surface area contributed by atoms with Crippen molar-refractivity contribution >= 4 is 27.5 Å². The minimum atomic E-state index is -0.0435. The Hall–Kier alpha value is -2.55. The molecule has 32 heavy (non-hydrogen) atoms. The zero-order valence-corrected chi connectivity index (χ0v) is 19.9. The number of benzene rings is 1. The van der Waals surface area contributed by atoms with Crippen LogP contribution in [0.25, 0.3) is 10.2 Å². The molecule has 3 heterocycles. The highest BCUT2D eigenvalue weighted by Crippen LogP contribution is 2.35. The number of likely N-dealkylation sites (tertiary alicyclic amines) is 1. The Labute approximate surface area is 192 Å². The van der Waals surface area contributed by atoms with Gasteiger partial charge in [-0.05, 0) is 37.8 Å². The number of piperidine rings is 1. The van der Waals surface area contributed by atoms with Crippen LogP contribution in [-0.2, 0) is 17.9 Å². The smallest absolute Gasteiger partial charge is 0.261 e. The van der Waals surface area contributed by atoms with Crippen molar-refractivity contribution in [2.24, 2.45) is 0 Å². The van der Waals surface area contributed by atoms with Gasteiger partial charge >= 0.3 is 0 Å². The van der Waals surface area contributed by atoms with Gasteiger partial charge in [0.25, 0.3) is 5.91 Å². The zero-order valence-electron chi connectivity index (χ0n) is 19.1. The molecule has 0 bridgehead atoms. The molecule has 0 unspecified atom stereocenters. The topological polar surface area (TPSA) is 76.6 Å². The molecular weight excluding hydrogens is 424 g/mol. The Kier molecular flexibility index (Phi) is 7.03.